The molecular weight excluding hydrogens is 506 g/mol. The summed E-state index contributed by atoms with van der Waals surface area (Å²) in [5.74, 6) is -1.78. The molecule has 0 spiro atoms. The van der Waals surface area contributed by atoms with E-state index in [9.17, 15) is 24.1 Å². The first-order valence-corrected chi connectivity index (χ1v) is 14.1. The average molecular weight is 539 g/mol. The third kappa shape index (κ3) is 4.83. The van der Waals surface area contributed by atoms with Gasteiger partial charge in [0.25, 0.3) is 0 Å². The molecule has 0 aromatic heterocycles. The number of alkyl halides is 2. The van der Waals surface area contributed by atoms with Crippen molar-refractivity contribution < 1.29 is 28.8 Å². The van der Waals surface area contributed by atoms with Crippen LogP contribution in [0.15, 0.2) is 42.5 Å². The van der Waals surface area contributed by atoms with Gasteiger partial charge < -0.3 is 20.1 Å². The van der Waals surface area contributed by atoms with E-state index in [1.807, 2.05) is 13.0 Å². The molecule has 2 aliphatic carbocycles. The van der Waals surface area contributed by atoms with Gasteiger partial charge in [0.1, 0.15) is 29.9 Å². The molecule has 5 rings (SSSR count). The highest BCUT2D eigenvalue weighted by atomic mass is 35.5. The van der Waals surface area contributed by atoms with Crippen LogP contribution in [0.2, 0.25) is 5.02 Å². The first kappa shape index (κ1) is 26.4. The standard InChI is InChI=1S/C28H33ClF2O4S/c1-2-36-26-24(34)22(32)23(33)25(35-26)17-5-8-21(29)18(14-17)13-16-3-6-19(7-4-16)27-10-9-20(27)15-28(30,31)12-11-27/h3-8,14,20,22-26,32-34H,2,9-13,15H2,1H3/t20-,22-,23-,24+,25+,26-,27+/m1/s1. The zero-order valence-electron chi connectivity index (χ0n) is 20.2. The normalized spacial score (nSPS) is 35.6. The molecule has 0 radical (unpaired) electrons. The molecule has 2 saturated carbocycles. The molecule has 3 aliphatic rings. The lowest BCUT2D eigenvalue weighted by Crippen LogP contribution is -2.53. The number of aliphatic hydroxyl groups is 3. The van der Waals surface area contributed by atoms with Crippen LogP contribution in [-0.2, 0) is 16.6 Å². The molecule has 0 amide bonds. The molecule has 2 aromatic rings. The van der Waals surface area contributed by atoms with Gasteiger partial charge in [-0.15, -0.1) is 11.8 Å². The number of fused-ring (bicyclic) bond motifs is 1. The molecule has 2 aromatic carbocycles. The van der Waals surface area contributed by atoms with Gasteiger partial charge in [-0.1, -0.05) is 54.9 Å². The summed E-state index contributed by atoms with van der Waals surface area (Å²) in [5.41, 5.74) is 3.00. The molecule has 3 fully saturated rings. The Bertz CT molecular complexity index is 1080. The van der Waals surface area contributed by atoms with Gasteiger partial charge in [-0.05, 0) is 71.1 Å². The summed E-state index contributed by atoms with van der Waals surface area (Å²) in [5, 5.41) is 31.8. The van der Waals surface area contributed by atoms with Crippen molar-refractivity contribution in [3.63, 3.8) is 0 Å². The van der Waals surface area contributed by atoms with Gasteiger partial charge >= 0.3 is 0 Å². The van der Waals surface area contributed by atoms with Crippen molar-refractivity contribution in [1.29, 1.82) is 0 Å². The van der Waals surface area contributed by atoms with Gasteiger partial charge in [0.05, 0.1) is 0 Å². The Morgan fingerprint density at radius 3 is 2.39 bits per heavy atom. The SMILES string of the molecule is CCS[C@H]1O[C@@H](c2ccc(Cl)c(Cc3ccc([C@@]45CC[C@@H]4CC(F)(F)CC5)cc3)c2)[C@H](O)[C@@H](O)[C@@H]1O. The third-order valence-electron chi connectivity index (χ3n) is 8.42. The number of thioether (sulfide) groups is 1. The summed E-state index contributed by atoms with van der Waals surface area (Å²) < 4.78 is 33.8. The Balaban J connectivity index is 1.33. The van der Waals surface area contributed by atoms with Crippen molar-refractivity contribution in [3.8, 4) is 0 Å². The largest absolute Gasteiger partial charge is 0.387 e. The van der Waals surface area contributed by atoms with Crippen molar-refractivity contribution in [2.75, 3.05) is 5.75 Å². The van der Waals surface area contributed by atoms with E-state index in [4.69, 9.17) is 16.3 Å². The maximum Gasteiger partial charge on any atom is 0.248 e. The van der Waals surface area contributed by atoms with E-state index in [0.29, 0.717) is 29.2 Å². The molecule has 4 nitrogen and oxygen atoms in total. The lowest BCUT2D eigenvalue weighted by Gasteiger charge is -2.55. The molecule has 1 heterocycles. The molecule has 0 unspecified atom stereocenters. The first-order valence-electron chi connectivity index (χ1n) is 12.7. The summed E-state index contributed by atoms with van der Waals surface area (Å²) in [6.07, 6.45) is -1.63. The van der Waals surface area contributed by atoms with E-state index < -0.39 is 35.8 Å². The second-order valence-corrected chi connectivity index (χ2v) is 12.3. The Morgan fingerprint density at radius 2 is 1.75 bits per heavy atom. The number of hydrogen-bond donors (Lipinski definition) is 3. The maximum atomic E-state index is 13.9. The van der Waals surface area contributed by atoms with Gasteiger partial charge in [0.2, 0.25) is 5.92 Å². The fraction of sp³-hybridized carbons (Fsp3) is 0.571. The number of benzene rings is 2. The van der Waals surface area contributed by atoms with Gasteiger partial charge in [-0.2, -0.15) is 0 Å². The van der Waals surface area contributed by atoms with E-state index in [0.717, 1.165) is 29.5 Å². The summed E-state index contributed by atoms with van der Waals surface area (Å²) >= 11 is 7.89. The summed E-state index contributed by atoms with van der Waals surface area (Å²) in [6.45, 7) is 1.94. The zero-order valence-corrected chi connectivity index (χ0v) is 21.8. The van der Waals surface area contributed by atoms with Crippen molar-refractivity contribution in [1.82, 2.24) is 0 Å². The fourth-order valence-electron chi connectivity index (χ4n) is 6.22. The van der Waals surface area contributed by atoms with Crippen molar-refractivity contribution in [3.05, 3.63) is 69.7 Å². The molecule has 7 atom stereocenters. The van der Waals surface area contributed by atoms with Gasteiger partial charge in [0.15, 0.2) is 0 Å². The first-order chi connectivity index (χ1) is 17.1. The zero-order chi connectivity index (χ0) is 25.7. The van der Waals surface area contributed by atoms with Crippen LogP contribution >= 0.6 is 23.4 Å². The van der Waals surface area contributed by atoms with Gasteiger partial charge in [-0.3, -0.25) is 0 Å². The monoisotopic (exact) mass is 538 g/mol. The number of hydrogen-bond acceptors (Lipinski definition) is 5. The molecule has 196 valence electrons. The fourth-order valence-corrected chi connectivity index (χ4v) is 7.29. The molecule has 3 N–H and O–H groups in total. The highest BCUT2D eigenvalue weighted by Crippen LogP contribution is 2.59. The van der Waals surface area contributed by atoms with Crippen LogP contribution in [0.3, 0.4) is 0 Å². The summed E-state index contributed by atoms with van der Waals surface area (Å²) in [4.78, 5) is 0. The number of aliphatic hydroxyl groups excluding tert-OH is 3. The molecule has 36 heavy (non-hydrogen) atoms. The second kappa shape index (κ2) is 10.2. The lowest BCUT2D eigenvalue weighted by atomic mass is 9.50. The van der Waals surface area contributed by atoms with E-state index in [-0.39, 0.29) is 24.2 Å². The van der Waals surface area contributed by atoms with Crippen LogP contribution in [0.4, 0.5) is 8.78 Å². The van der Waals surface area contributed by atoms with Crippen LogP contribution < -0.4 is 0 Å². The van der Waals surface area contributed by atoms with Crippen LogP contribution in [0.1, 0.15) is 67.4 Å². The van der Waals surface area contributed by atoms with Crippen LogP contribution in [0.25, 0.3) is 0 Å². The predicted octanol–water partition coefficient (Wildman–Crippen LogP) is 5.63. The molecule has 8 heteroatoms. The smallest absolute Gasteiger partial charge is 0.248 e. The minimum absolute atomic E-state index is 0.00438. The quantitative estimate of drug-likeness (QED) is 0.444. The van der Waals surface area contributed by atoms with Gasteiger partial charge in [-0.25, -0.2) is 8.78 Å². The highest BCUT2D eigenvalue weighted by molar-refractivity contribution is 7.99. The topological polar surface area (TPSA) is 69.9 Å². The number of rotatable bonds is 6. The highest BCUT2D eigenvalue weighted by Gasteiger charge is 2.55. The Morgan fingerprint density at radius 1 is 1.00 bits per heavy atom. The predicted molar refractivity (Wildman–Crippen MR) is 138 cm³/mol. The van der Waals surface area contributed by atoms with Crippen molar-refractivity contribution in [2.45, 2.75) is 86.6 Å². The van der Waals surface area contributed by atoms with Crippen LogP contribution in [0, 0.1) is 5.92 Å². The summed E-state index contributed by atoms with van der Waals surface area (Å²) in [6, 6.07) is 13.7. The van der Waals surface area contributed by atoms with Gasteiger partial charge in [0, 0.05) is 17.9 Å². The van der Waals surface area contributed by atoms with E-state index >= 15 is 0 Å². The molecule has 0 bridgehead atoms. The average Bonchev–Trinajstić information content (AvgIpc) is 2.84. The van der Waals surface area contributed by atoms with E-state index in [1.165, 1.54) is 11.8 Å². The van der Waals surface area contributed by atoms with Crippen molar-refractivity contribution in [2.24, 2.45) is 5.92 Å². The Hall–Kier alpha value is -1.22. The van der Waals surface area contributed by atoms with Crippen LogP contribution in [-0.4, -0.2) is 50.7 Å². The number of ether oxygens (including phenoxy) is 1. The molecule has 1 aliphatic heterocycles. The van der Waals surface area contributed by atoms with Crippen molar-refractivity contribution >= 4 is 23.4 Å². The maximum absolute atomic E-state index is 13.9. The van der Waals surface area contributed by atoms with E-state index in [2.05, 4.69) is 24.3 Å². The Labute approximate surface area is 220 Å². The lowest BCUT2D eigenvalue weighted by molar-refractivity contribution is -0.200. The number of halogens is 3. The van der Waals surface area contributed by atoms with Crippen LogP contribution in [0.5, 0.6) is 0 Å². The third-order valence-corrected chi connectivity index (χ3v) is 9.85. The summed E-state index contributed by atoms with van der Waals surface area (Å²) in [7, 11) is 0. The Kier molecular flexibility index (Phi) is 7.45. The molecular formula is C28H33ClF2O4S. The molecule has 1 saturated heterocycles. The minimum Gasteiger partial charge on any atom is -0.387 e. The van der Waals surface area contributed by atoms with E-state index in [1.54, 1.807) is 12.1 Å². The minimum atomic E-state index is -2.53. The second-order valence-electron chi connectivity index (χ2n) is 10.5.